The summed E-state index contributed by atoms with van der Waals surface area (Å²) in [5.74, 6) is -0.0631. The van der Waals surface area contributed by atoms with Gasteiger partial charge in [0.15, 0.2) is 0 Å². The van der Waals surface area contributed by atoms with Crippen molar-refractivity contribution in [3.05, 3.63) is 90.5 Å². The van der Waals surface area contributed by atoms with Crippen molar-refractivity contribution in [2.45, 2.75) is 47.0 Å². The van der Waals surface area contributed by atoms with Gasteiger partial charge in [-0.15, -0.1) is 13.2 Å². The van der Waals surface area contributed by atoms with Crippen molar-refractivity contribution >= 4 is 11.6 Å². The Morgan fingerprint density at radius 1 is 1.00 bits per heavy atom. The van der Waals surface area contributed by atoms with Gasteiger partial charge < -0.3 is 5.32 Å². The molecule has 0 heterocycles. The summed E-state index contributed by atoms with van der Waals surface area (Å²) in [4.78, 5) is 12.1. The highest BCUT2D eigenvalue weighted by atomic mass is 16.1. The van der Waals surface area contributed by atoms with Gasteiger partial charge in [0.2, 0.25) is 0 Å². The zero-order valence-electron chi connectivity index (χ0n) is 16.7. The summed E-state index contributed by atoms with van der Waals surface area (Å²) in [6, 6.07) is 15.6. The first kappa shape index (κ1) is 23.4. The minimum Gasteiger partial charge on any atom is -0.322 e. The summed E-state index contributed by atoms with van der Waals surface area (Å²) in [6.07, 6.45) is 6.88. The lowest BCUT2D eigenvalue weighted by Gasteiger charge is -2.06. The lowest BCUT2D eigenvalue weighted by atomic mass is 10.1. The molecular weight excluding hydrogens is 318 g/mol. The molecule has 0 saturated carbocycles. The molecule has 26 heavy (non-hydrogen) atoms. The highest BCUT2D eigenvalue weighted by Crippen LogP contribution is 2.12. The minimum absolute atomic E-state index is 0.0631. The van der Waals surface area contributed by atoms with Crippen LogP contribution in [-0.2, 0) is 6.42 Å². The Bertz CT molecular complexity index is 639. The number of allylic oxidation sites excluding steroid dienone is 2. The average molecular weight is 352 g/mol. The molecule has 0 aliphatic heterocycles. The second kappa shape index (κ2) is 14.7. The quantitative estimate of drug-likeness (QED) is 0.579. The molecule has 0 aliphatic carbocycles. The van der Waals surface area contributed by atoms with E-state index in [1.54, 1.807) is 6.08 Å². The van der Waals surface area contributed by atoms with Crippen molar-refractivity contribution in [2.75, 3.05) is 5.32 Å². The number of hydrogen-bond donors (Lipinski definition) is 1. The number of amides is 1. The lowest BCUT2D eigenvalue weighted by Crippen LogP contribution is -2.11. The smallest absolute Gasteiger partial charge is 0.255 e. The minimum atomic E-state index is -0.0631. The molecule has 2 heteroatoms. The van der Waals surface area contributed by atoms with E-state index < -0.39 is 0 Å². The molecule has 2 nitrogen and oxygen atoms in total. The van der Waals surface area contributed by atoms with Crippen LogP contribution >= 0.6 is 0 Å². The van der Waals surface area contributed by atoms with Crippen LogP contribution in [0, 0.1) is 6.92 Å². The number of benzene rings is 2. The fourth-order valence-electron chi connectivity index (χ4n) is 1.95. The molecule has 0 fully saturated rings. The van der Waals surface area contributed by atoms with Crippen LogP contribution in [0.3, 0.4) is 0 Å². The first-order chi connectivity index (χ1) is 12.5. The molecule has 2 rings (SSSR count). The molecule has 0 unspecified atom stereocenters. The predicted octanol–water partition coefficient (Wildman–Crippen LogP) is 6.97. The predicted molar refractivity (Wildman–Crippen MR) is 116 cm³/mol. The second-order valence-electron chi connectivity index (χ2n) is 5.87. The third kappa shape index (κ3) is 10.3. The molecule has 1 amide bonds. The molecule has 1 N–H and O–H groups in total. The Balaban J connectivity index is 0.000000770. The Morgan fingerprint density at radius 3 is 1.92 bits per heavy atom. The van der Waals surface area contributed by atoms with Crippen molar-refractivity contribution in [3.8, 4) is 0 Å². The van der Waals surface area contributed by atoms with E-state index >= 15 is 0 Å². The summed E-state index contributed by atoms with van der Waals surface area (Å²) in [7, 11) is 0. The van der Waals surface area contributed by atoms with Gasteiger partial charge in [0.05, 0.1) is 0 Å². The lowest BCUT2D eigenvalue weighted by molar-refractivity contribution is 0.102. The molecule has 0 atom stereocenters. The van der Waals surface area contributed by atoms with Gasteiger partial charge in [0.1, 0.15) is 0 Å². The van der Waals surface area contributed by atoms with Crippen molar-refractivity contribution in [1.82, 2.24) is 0 Å². The number of anilines is 1. The van der Waals surface area contributed by atoms with Gasteiger partial charge in [0.25, 0.3) is 5.91 Å². The Hall–Kier alpha value is -2.61. The van der Waals surface area contributed by atoms with Crippen LogP contribution < -0.4 is 5.32 Å². The number of carbonyl (C=O) groups is 1. The monoisotopic (exact) mass is 351 g/mol. The molecule has 0 saturated heterocycles. The topological polar surface area (TPSA) is 29.1 Å². The molecule has 0 radical (unpaired) electrons. The van der Waals surface area contributed by atoms with Gasteiger partial charge in [0, 0.05) is 11.3 Å². The van der Waals surface area contributed by atoms with Crippen molar-refractivity contribution in [2.24, 2.45) is 0 Å². The van der Waals surface area contributed by atoms with E-state index in [9.17, 15) is 4.79 Å². The van der Waals surface area contributed by atoms with Crippen LogP contribution in [-0.4, -0.2) is 5.91 Å². The van der Waals surface area contributed by atoms with E-state index in [1.165, 1.54) is 11.1 Å². The van der Waals surface area contributed by atoms with Crippen LogP contribution in [0.4, 0.5) is 5.69 Å². The first-order valence-electron chi connectivity index (χ1n) is 9.17. The molecule has 0 bridgehead atoms. The number of rotatable bonds is 5. The number of aryl methyl sites for hydroxylation is 2. The van der Waals surface area contributed by atoms with Crippen molar-refractivity contribution < 1.29 is 4.79 Å². The van der Waals surface area contributed by atoms with E-state index in [1.807, 2.05) is 68.5 Å². The fourth-order valence-corrected chi connectivity index (χ4v) is 1.95. The second-order valence-corrected chi connectivity index (χ2v) is 5.87. The summed E-state index contributed by atoms with van der Waals surface area (Å²) >= 11 is 0. The molecule has 0 spiro atoms. The Labute approximate surface area is 159 Å². The summed E-state index contributed by atoms with van der Waals surface area (Å²) < 4.78 is 0. The zero-order valence-corrected chi connectivity index (χ0v) is 16.7. The van der Waals surface area contributed by atoms with Gasteiger partial charge in [-0.3, -0.25) is 4.79 Å². The van der Waals surface area contributed by atoms with E-state index in [2.05, 4.69) is 32.3 Å². The molecular formula is C24H33NO. The maximum absolute atomic E-state index is 12.1. The number of carbonyl (C=O) groups excluding carboxylic acids is 1. The average Bonchev–Trinajstić information content (AvgIpc) is 2.65. The normalized spacial score (nSPS) is 8.92. The van der Waals surface area contributed by atoms with Crippen molar-refractivity contribution in [1.29, 1.82) is 0 Å². The van der Waals surface area contributed by atoms with E-state index in [0.29, 0.717) is 5.56 Å². The molecule has 140 valence electrons. The SMILES string of the molecule is C=CC.C=CCC.CCCc1ccc(C(=O)Nc2ccc(C)cc2)cc1. The molecule has 2 aromatic carbocycles. The van der Waals surface area contributed by atoms with Crippen LogP contribution in [0.5, 0.6) is 0 Å². The Kier molecular flexibility index (Phi) is 13.2. The van der Waals surface area contributed by atoms with Gasteiger partial charge in [-0.25, -0.2) is 0 Å². The highest BCUT2D eigenvalue weighted by Gasteiger charge is 2.05. The van der Waals surface area contributed by atoms with Crippen LogP contribution in [0.25, 0.3) is 0 Å². The molecule has 0 aliphatic rings. The third-order valence-electron chi connectivity index (χ3n) is 3.35. The van der Waals surface area contributed by atoms with Gasteiger partial charge in [-0.1, -0.05) is 62.2 Å². The third-order valence-corrected chi connectivity index (χ3v) is 3.35. The van der Waals surface area contributed by atoms with E-state index in [0.717, 1.165) is 24.9 Å². The van der Waals surface area contributed by atoms with Gasteiger partial charge >= 0.3 is 0 Å². The zero-order chi connectivity index (χ0) is 19.8. The van der Waals surface area contributed by atoms with E-state index in [-0.39, 0.29) is 5.91 Å². The highest BCUT2D eigenvalue weighted by molar-refractivity contribution is 6.04. The van der Waals surface area contributed by atoms with Gasteiger partial charge in [-0.2, -0.15) is 0 Å². The molecule has 2 aromatic rings. The van der Waals surface area contributed by atoms with Crippen LogP contribution in [0.1, 0.15) is 55.1 Å². The maximum atomic E-state index is 12.1. The largest absolute Gasteiger partial charge is 0.322 e. The summed E-state index contributed by atoms with van der Waals surface area (Å²) in [5.41, 5.74) is 3.98. The number of hydrogen-bond acceptors (Lipinski definition) is 1. The molecule has 0 aromatic heterocycles. The van der Waals surface area contributed by atoms with E-state index in [4.69, 9.17) is 0 Å². The summed E-state index contributed by atoms with van der Waals surface area (Å²) in [5, 5.41) is 2.90. The van der Waals surface area contributed by atoms with Crippen LogP contribution in [0.15, 0.2) is 73.8 Å². The fraction of sp³-hybridized carbons (Fsp3) is 0.292. The maximum Gasteiger partial charge on any atom is 0.255 e. The van der Waals surface area contributed by atoms with Crippen LogP contribution in [0.2, 0.25) is 0 Å². The Morgan fingerprint density at radius 2 is 1.50 bits per heavy atom. The van der Waals surface area contributed by atoms with Crippen molar-refractivity contribution in [3.63, 3.8) is 0 Å². The standard InChI is InChI=1S/C17H19NO.C4H8.C3H6/c1-3-4-14-7-9-15(10-8-14)17(19)18-16-11-5-13(2)6-12-16;1-3-4-2;1-3-2/h5-12H,3-4H2,1-2H3,(H,18,19);3H,1,4H2,2H3;3H,1H2,2H3. The number of nitrogens with one attached hydrogen (secondary N) is 1. The summed E-state index contributed by atoms with van der Waals surface area (Å²) in [6.45, 7) is 15.0. The van der Waals surface area contributed by atoms with Gasteiger partial charge in [-0.05, 0) is 56.5 Å². The first-order valence-corrected chi connectivity index (χ1v) is 9.17.